The number of carbonyl (C=O) groups excluding carboxylic acids is 1. The first-order valence-electron chi connectivity index (χ1n) is 7.12. The molecule has 0 N–H and O–H groups in total. The van der Waals surface area contributed by atoms with Crippen LogP contribution in [0.4, 0.5) is 0 Å². The second kappa shape index (κ2) is 7.28. The SMILES string of the molecule is CCc1ccc(CN(C)C(=O)c2cccc(CCl)c2)cc1. The normalized spacial score (nSPS) is 10.4. The molecule has 0 saturated carbocycles. The Kier molecular flexibility index (Phi) is 5.40. The monoisotopic (exact) mass is 301 g/mol. The molecule has 1 amide bonds. The fraction of sp³-hybridized carbons (Fsp3) is 0.278. The first kappa shape index (κ1) is 15.6. The highest BCUT2D eigenvalue weighted by atomic mass is 35.5. The number of hydrogen-bond acceptors (Lipinski definition) is 1. The molecule has 0 atom stereocenters. The van der Waals surface area contributed by atoms with Crippen LogP contribution in [0.25, 0.3) is 0 Å². The van der Waals surface area contributed by atoms with Crippen molar-refractivity contribution in [3.8, 4) is 0 Å². The van der Waals surface area contributed by atoms with Crippen LogP contribution in [0.3, 0.4) is 0 Å². The Balaban J connectivity index is 2.07. The number of carbonyl (C=O) groups is 1. The van der Waals surface area contributed by atoms with Crippen molar-refractivity contribution in [1.29, 1.82) is 0 Å². The van der Waals surface area contributed by atoms with E-state index in [4.69, 9.17) is 11.6 Å². The van der Waals surface area contributed by atoms with Crippen LogP contribution in [0.2, 0.25) is 0 Å². The van der Waals surface area contributed by atoms with Gasteiger partial charge < -0.3 is 4.90 Å². The van der Waals surface area contributed by atoms with E-state index in [0.29, 0.717) is 18.0 Å². The molecule has 3 heteroatoms. The highest BCUT2D eigenvalue weighted by Crippen LogP contribution is 2.12. The van der Waals surface area contributed by atoms with Crippen LogP contribution in [-0.2, 0) is 18.8 Å². The van der Waals surface area contributed by atoms with E-state index in [1.165, 1.54) is 5.56 Å². The van der Waals surface area contributed by atoms with Crippen molar-refractivity contribution in [2.24, 2.45) is 0 Å². The standard InChI is InChI=1S/C18H20ClNO/c1-3-14-7-9-15(10-8-14)13-20(2)18(21)17-6-4-5-16(11-17)12-19/h4-11H,3,12-13H2,1-2H3. The van der Waals surface area contributed by atoms with Crippen molar-refractivity contribution >= 4 is 17.5 Å². The third-order valence-electron chi connectivity index (χ3n) is 3.53. The Morgan fingerprint density at radius 3 is 2.33 bits per heavy atom. The lowest BCUT2D eigenvalue weighted by atomic mass is 10.1. The topological polar surface area (TPSA) is 20.3 Å². The molecule has 0 spiro atoms. The molecular formula is C18H20ClNO. The zero-order chi connectivity index (χ0) is 15.2. The van der Waals surface area contributed by atoms with E-state index in [2.05, 4.69) is 31.2 Å². The molecular weight excluding hydrogens is 282 g/mol. The van der Waals surface area contributed by atoms with E-state index >= 15 is 0 Å². The first-order chi connectivity index (χ1) is 10.1. The quantitative estimate of drug-likeness (QED) is 0.756. The third kappa shape index (κ3) is 4.08. The number of hydrogen-bond donors (Lipinski definition) is 0. The molecule has 0 saturated heterocycles. The van der Waals surface area contributed by atoms with Gasteiger partial charge in [-0.1, -0.05) is 43.3 Å². The van der Waals surface area contributed by atoms with Gasteiger partial charge in [0.1, 0.15) is 0 Å². The second-order valence-corrected chi connectivity index (χ2v) is 5.43. The first-order valence-corrected chi connectivity index (χ1v) is 7.65. The minimum Gasteiger partial charge on any atom is -0.337 e. The Hall–Kier alpha value is -1.80. The maximum Gasteiger partial charge on any atom is 0.253 e. The van der Waals surface area contributed by atoms with Crippen LogP contribution >= 0.6 is 11.6 Å². The van der Waals surface area contributed by atoms with Crippen molar-refractivity contribution in [1.82, 2.24) is 4.90 Å². The average molecular weight is 302 g/mol. The summed E-state index contributed by atoms with van der Waals surface area (Å²) in [4.78, 5) is 14.2. The van der Waals surface area contributed by atoms with E-state index in [1.807, 2.05) is 31.3 Å². The molecule has 0 aliphatic rings. The van der Waals surface area contributed by atoms with Gasteiger partial charge in [0.2, 0.25) is 0 Å². The summed E-state index contributed by atoms with van der Waals surface area (Å²) in [5.41, 5.74) is 4.09. The molecule has 0 unspecified atom stereocenters. The van der Waals surface area contributed by atoms with Crippen LogP contribution in [0, 0.1) is 0 Å². The molecule has 0 fully saturated rings. The fourth-order valence-electron chi connectivity index (χ4n) is 2.23. The molecule has 0 aliphatic carbocycles. The molecule has 0 bridgehead atoms. The molecule has 0 aliphatic heterocycles. The number of rotatable bonds is 5. The molecule has 2 rings (SSSR count). The van der Waals surface area contributed by atoms with Crippen LogP contribution < -0.4 is 0 Å². The van der Waals surface area contributed by atoms with E-state index < -0.39 is 0 Å². The van der Waals surface area contributed by atoms with Crippen LogP contribution in [0.15, 0.2) is 48.5 Å². The van der Waals surface area contributed by atoms with E-state index in [9.17, 15) is 4.79 Å². The molecule has 21 heavy (non-hydrogen) atoms. The lowest BCUT2D eigenvalue weighted by molar-refractivity contribution is 0.0785. The van der Waals surface area contributed by atoms with Gasteiger partial charge in [0.15, 0.2) is 0 Å². The lowest BCUT2D eigenvalue weighted by Crippen LogP contribution is -2.26. The summed E-state index contributed by atoms with van der Waals surface area (Å²) in [5.74, 6) is 0.435. The smallest absolute Gasteiger partial charge is 0.253 e. The molecule has 0 heterocycles. The summed E-state index contributed by atoms with van der Waals surface area (Å²) in [6.07, 6.45) is 1.03. The summed E-state index contributed by atoms with van der Waals surface area (Å²) in [5, 5.41) is 0. The zero-order valence-electron chi connectivity index (χ0n) is 12.5. The summed E-state index contributed by atoms with van der Waals surface area (Å²) in [6.45, 7) is 2.74. The van der Waals surface area contributed by atoms with Gasteiger partial charge in [-0.3, -0.25) is 4.79 Å². The fourth-order valence-corrected chi connectivity index (χ4v) is 2.40. The number of halogens is 1. The van der Waals surface area contributed by atoms with Gasteiger partial charge in [-0.05, 0) is 35.2 Å². The molecule has 110 valence electrons. The highest BCUT2D eigenvalue weighted by Gasteiger charge is 2.12. The van der Waals surface area contributed by atoms with Crippen LogP contribution in [-0.4, -0.2) is 17.9 Å². The molecule has 2 aromatic rings. The zero-order valence-corrected chi connectivity index (χ0v) is 13.2. The summed E-state index contributed by atoms with van der Waals surface area (Å²) < 4.78 is 0. The summed E-state index contributed by atoms with van der Waals surface area (Å²) in [7, 11) is 1.82. The van der Waals surface area contributed by atoms with Gasteiger partial charge >= 0.3 is 0 Å². The van der Waals surface area contributed by atoms with Gasteiger partial charge in [0, 0.05) is 25.0 Å². The number of nitrogens with zero attached hydrogens (tertiary/aromatic N) is 1. The van der Waals surface area contributed by atoms with Gasteiger partial charge in [-0.15, -0.1) is 11.6 Å². The van der Waals surface area contributed by atoms with Crippen LogP contribution in [0.1, 0.15) is 34.0 Å². The molecule has 2 aromatic carbocycles. The average Bonchev–Trinajstić information content (AvgIpc) is 2.54. The minimum atomic E-state index is 0.0153. The number of alkyl halides is 1. The van der Waals surface area contributed by atoms with Gasteiger partial charge in [-0.2, -0.15) is 0 Å². The van der Waals surface area contributed by atoms with Gasteiger partial charge in [-0.25, -0.2) is 0 Å². The lowest BCUT2D eigenvalue weighted by Gasteiger charge is -2.18. The van der Waals surface area contributed by atoms with Crippen molar-refractivity contribution in [2.75, 3.05) is 7.05 Å². The summed E-state index contributed by atoms with van der Waals surface area (Å²) in [6, 6.07) is 15.9. The van der Waals surface area contributed by atoms with E-state index in [1.54, 1.807) is 4.90 Å². The maximum absolute atomic E-state index is 12.4. The van der Waals surface area contributed by atoms with Crippen molar-refractivity contribution in [3.05, 3.63) is 70.8 Å². The Bertz CT molecular complexity index is 607. The Morgan fingerprint density at radius 1 is 1.05 bits per heavy atom. The number of benzene rings is 2. The van der Waals surface area contributed by atoms with Crippen molar-refractivity contribution < 1.29 is 4.79 Å². The molecule has 0 aromatic heterocycles. The predicted octanol–water partition coefficient (Wildman–Crippen LogP) is 4.26. The van der Waals surface area contributed by atoms with Crippen molar-refractivity contribution in [3.63, 3.8) is 0 Å². The molecule has 0 radical (unpaired) electrons. The largest absolute Gasteiger partial charge is 0.337 e. The number of amides is 1. The van der Waals surface area contributed by atoms with E-state index in [-0.39, 0.29) is 5.91 Å². The summed E-state index contributed by atoms with van der Waals surface area (Å²) >= 11 is 5.82. The van der Waals surface area contributed by atoms with E-state index in [0.717, 1.165) is 17.5 Å². The predicted molar refractivity (Wildman–Crippen MR) is 87.6 cm³/mol. The van der Waals surface area contributed by atoms with Crippen molar-refractivity contribution in [2.45, 2.75) is 25.8 Å². The maximum atomic E-state index is 12.4. The number of aryl methyl sites for hydroxylation is 1. The second-order valence-electron chi connectivity index (χ2n) is 5.17. The molecule has 2 nitrogen and oxygen atoms in total. The minimum absolute atomic E-state index is 0.0153. The Morgan fingerprint density at radius 2 is 1.71 bits per heavy atom. The van der Waals surface area contributed by atoms with Crippen LogP contribution in [0.5, 0.6) is 0 Å². The van der Waals surface area contributed by atoms with Gasteiger partial charge in [0.05, 0.1) is 0 Å². The van der Waals surface area contributed by atoms with Gasteiger partial charge in [0.25, 0.3) is 5.91 Å². The third-order valence-corrected chi connectivity index (χ3v) is 3.83. The Labute approximate surface area is 131 Å². The highest BCUT2D eigenvalue weighted by molar-refractivity contribution is 6.17.